The summed E-state index contributed by atoms with van der Waals surface area (Å²) in [4.78, 5) is 38.5. The second kappa shape index (κ2) is 7.26. The number of fused-ring (bicyclic) bond motifs is 1. The van der Waals surface area contributed by atoms with E-state index in [0.717, 1.165) is 24.8 Å². The van der Waals surface area contributed by atoms with Gasteiger partial charge in [0.2, 0.25) is 0 Å². The van der Waals surface area contributed by atoms with E-state index in [-0.39, 0.29) is 23.2 Å². The first-order valence-electron chi connectivity index (χ1n) is 9.73. The van der Waals surface area contributed by atoms with E-state index in [1.54, 1.807) is 24.0 Å². The van der Waals surface area contributed by atoms with E-state index in [2.05, 4.69) is 0 Å². The number of ketones is 1. The van der Waals surface area contributed by atoms with Gasteiger partial charge in [0.1, 0.15) is 11.5 Å². The molecule has 1 amide bonds. The average molecular weight is 381 g/mol. The summed E-state index contributed by atoms with van der Waals surface area (Å²) in [5.41, 5.74) is 2.21. The maximum Gasteiger partial charge on any atom is 0.335 e. The number of carbonyl (C=O) groups excluding carboxylic acids is 2. The number of aromatic carboxylic acids is 1. The Kier molecular flexibility index (Phi) is 4.79. The van der Waals surface area contributed by atoms with Gasteiger partial charge in [0.05, 0.1) is 16.7 Å². The summed E-state index contributed by atoms with van der Waals surface area (Å²) in [6.45, 7) is 2.96. The molecule has 1 fully saturated rings. The number of carbonyl (C=O) groups is 3. The number of likely N-dealkylation sites (tertiary alicyclic amines) is 1. The van der Waals surface area contributed by atoms with Crippen LogP contribution in [0.5, 0.6) is 0 Å². The highest BCUT2D eigenvalue weighted by Crippen LogP contribution is 2.33. The maximum atomic E-state index is 13.3. The summed E-state index contributed by atoms with van der Waals surface area (Å²) >= 11 is 0. The molecule has 1 atom stereocenters. The van der Waals surface area contributed by atoms with Crippen molar-refractivity contribution in [2.75, 3.05) is 13.1 Å². The molecule has 2 heterocycles. The van der Waals surface area contributed by atoms with E-state index < -0.39 is 5.97 Å². The van der Waals surface area contributed by atoms with Gasteiger partial charge in [0, 0.05) is 31.8 Å². The third kappa shape index (κ3) is 3.23. The Morgan fingerprint density at radius 1 is 1.14 bits per heavy atom. The van der Waals surface area contributed by atoms with Gasteiger partial charge in [-0.1, -0.05) is 12.1 Å². The number of carboxylic acid groups (broad SMARTS) is 1. The van der Waals surface area contributed by atoms with Crippen LogP contribution in [0, 0.1) is 6.92 Å². The van der Waals surface area contributed by atoms with Crippen LogP contribution in [0.1, 0.15) is 79.8 Å². The molecular formula is C22H23NO5. The lowest BCUT2D eigenvalue weighted by molar-refractivity contribution is 0.0692. The first-order chi connectivity index (χ1) is 13.5. The minimum absolute atomic E-state index is 0.000677. The number of amides is 1. The van der Waals surface area contributed by atoms with Crippen molar-refractivity contribution in [2.24, 2.45) is 0 Å². The van der Waals surface area contributed by atoms with Gasteiger partial charge in [-0.2, -0.15) is 0 Å². The van der Waals surface area contributed by atoms with Gasteiger partial charge in [-0.15, -0.1) is 0 Å². The summed E-state index contributed by atoms with van der Waals surface area (Å²) in [5.74, 6) is 0.244. The number of aryl methyl sites for hydroxylation is 2. The van der Waals surface area contributed by atoms with Crippen LogP contribution in [0.15, 0.2) is 28.7 Å². The number of Topliss-reactive ketones (excluding diaryl/α,β-unsaturated/α-hetero) is 1. The van der Waals surface area contributed by atoms with E-state index in [1.165, 1.54) is 0 Å². The van der Waals surface area contributed by atoms with Gasteiger partial charge in [-0.05, 0) is 43.9 Å². The molecular weight excluding hydrogens is 358 g/mol. The number of nitrogens with zero attached hydrogens (tertiary/aromatic N) is 1. The fourth-order valence-electron chi connectivity index (χ4n) is 4.35. The van der Waals surface area contributed by atoms with Crippen LogP contribution in [0.3, 0.4) is 0 Å². The van der Waals surface area contributed by atoms with Gasteiger partial charge in [0.25, 0.3) is 5.91 Å². The minimum atomic E-state index is -0.947. The van der Waals surface area contributed by atoms with Crippen molar-refractivity contribution in [3.8, 4) is 0 Å². The van der Waals surface area contributed by atoms with E-state index in [0.29, 0.717) is 48.6 Å². The van der Waals surface area contributed by atoms with Crippen LogP contribution in [0.4, 0.5) is 0 Å². The second-order valence-corrected chi connectivity index (χ2v) is 7.63. The Morgan fingerprint density at radius 2 is 1.89 bits per heavy atom. The molecule has 1 N–H and O–H groups in total. The summed E-state index contributed by atoms with van der Waals surface area (Å²) < 4.78 is 5.74. The van der Waals surface area contributed by atoms with Crippen molar-refractivity contribution >= 4 is 17.7 Å². The van der Waals surface area contributed by atoms with Gasteiger partial charge < -0.3 is 14.4 Å². The molecule has 1 aliphatic heterocycles. The lowest BCUT2D eigenvalue weighted by atomic mass is 9.89. The van der Waals surface area contributed by atoms with Crippen molar-refractivity contribution in [3.63, 3.8) is 0 Å². The molecule has 6 heteroatoms. The Morgan fingerprint density at radius 3 is 2.61 bits per heavy atom. The Bertz CT molecular complexity index is 941. The molecule has 4 rings (SSSR count). The summed E-state index contributed by atoms with van der Waals surface area (Å²) in [6.07, 6.45) is 3.74. The zero-order valence-electron chi connectivity index (χ0n) is 15.9. The van der Waals surface area contributed by atoms with E-state index in [9.17, 15) is 14.4 Å². The molecule has 28 heavy (non-hydrogen) atoms. The molecule has 146 valence electrons. The van der Waals surface area contributed by atoms with Crippen molar-refractivity contribution in [1.29, 1.82) is 0 Å². The molecule has 0 bridgehead atoms. The van der Waals surface area contributed by atoms with Crippen LogP contribution in [0.2, 0.25) is 0 Å². The molecule has 0 radical (unpaired) electrons. The summed E-state index contributed by atoms with van der Waals surface area (Å²) in [5, 5.41) is 9.06. The number of hydrogen-bond donors (Lipinski definition) is 1. The first-order valence-corrected chi connectivity index (χ1v) is 9.73. The van der Waals surface area contributed by atoms with Crippen molar-refractivity contribution in [3.05, 3.63) is 58.0 Å². The molecule has 2 aromatic rings. The zero-order valence-corrected chi connectivity index (χ0v) is 15.9. The molecule has 1 aliphatic carbocycles. The summed E-state index contributed by atoms with van der Waals surface area (Å²) in [6, 6.07) is 6.87. The lowest BCUT2D eigenvalue weighted by Gasteiger charge is -2.33. The van der Waals surface area contributed by atoms with Gasteiger partial charge in [0.15, 0.2) is 5.78 Å². The standard InChI is InChI=1S/C22H23NO5/c1-13-19(20-17(24)5-2-6-18(20)28-13)21(25)23-11-3-4-16(12-23)14-7-9-15(10-8-14)22(26)27/h7-10,16H,2-6,11-12H2,1H3,(H,26,27)/t16-/m1/s1. The topological polar surface area (TPSA) is 87.8 Å². The SMILES string of the molecule is Cc1oc2c(c1C(=O)N1CCC[C@@H](c3ccc(C(=O)O)cc3)C1)C(=O)CCC2. The molecule has 0 spiro atoms. The fourth-order valence-corrected chi connectivity index (χ4v) is 4.35. The lowest BCUT2D eigenvalue weighted by Crippen LogP contribution is -2.39. The maximum absolute atomic E-state index is 13.3. The average Bonchev–Trinajstić information content (AvgIpc) is 3.05. The predicted molar refractivity (Wildman–Crippen MR) is 102 cm³/mol. The van der Waals surface area contributed by atoms with Crippen LogP contribution in [-0.4, -0.2) is 40.8 Å². The highest BCUT2D eigenvalue weighted by molar-refractivity contribution is 6.10. The molecule has 1 saturated heterocycles. The van der Waals surface area contributed by atoms with Gasteiger partial charge >= 0.3 is 5.97 Å². The Labute approximate surface area is 163 Å². The number of rotatable bonds is 3. The summed E-state index contributed by atoms with van der Waals surface area (Å²) in [7, 11) is 0. The molecule has 2 aliphatic rings. The predicted octanol–water partition coefficient (Wildman–Crippen LogP) is 3.83. The quantitative estimate of drug-likeness (QED) is 0.873. The van der Waals surface area contributed by atoms with Gasteiger partial charge in [-0.25, -0.2) is 4.79 Å². The number of furan rings is 1. The largest absolute Gasteiger partial charge is 0.478 e. The normalized spacial score (nSPS) is 19.4. The molecule has 1 aromatic heterocycles. The third-order valence-electron chi connectivity index (χ3n) is 5.80. The van der Waals surface area contributed by atoms with Crippen molar-refractivity contribution < 1.29 is 23.9 Å². The first kappa shape index (κ1) is 18.5. The van der Waals surface area contributed by atoms with Crippen LogP contribution in [-0.2, 0) is 6.42 Å². The zero-order chi connectivity index (χ0) is 19.8. The Hall–Kier alpha value is -2.89. The van der Waals surface area contributed by atoms with Crippen molar-refractivity contribution in [2.45, 2.75) is 44.9 Å². The number of piperidine rings is 1. The molecule has 0 saturated carbocycles. The smallest absolute Gasteiger partial charge is 0.335 e. The molecule has 1 aromatic carbocycles. The fraction of sp³-hybridized carbons (Fsp3) is 0.409. The number of hydrogen-bond acceptors (Lipinski definition) is 4. The van der Waals surface area contributed by atoms with E-state index in [1.807, 2.05) is 12.1 Å². The molecule has 0 unspecified atom stereocenters. The number of benzene rings is 1. The Balaban J connectivity index is 1.57. The van der Waals surface area contributed by atoms with Gasteiger partial charge in [-0.3, -0.25) is 9.59 Å². The molecule has 6 nitrogen and oxygen atoms in total. The van der Waals surface area contributed by atoms with Crippen molar-refractivity contribution in [1.82, 2.24) is 4.90 Å². The third-order valence-corrected chi connectivity index (χ3v) is 5.80. The van der Waals surface area contributed by atoms with Crippen LogP contribution >= 0.6 is 0 Å². The van der Waals surface area contributed by atoms with Crippen LogP contribution in [0.25, 0.3) is 0 Å². The van der Waals surface area contributed by atoms with E-state index >= 15 is 0 Å². The second-order valence-electron chi connectivity index (χ2n) is 7.63. The number of carboxylic acids is 1. The van der Waals surface area contributed by atoms with Crippen LogP contribution < -0.4 is 0 Å². The highest BCUT2D eigenvalue weighted by Gasteiger charge is 2.34. The highest BCUT2D eigenvalue weighted by atomic mass is 16.4. The minimum Gasteiger partial charge on any atom is -0.478 e. The van der Waals surface area contributed by atoms with E-state index in [4.69, 9.17) is 9.52 Å². The monoisotopic (exact) mass is 381 g/mol.